The molecule has 0 unspecified atom stereocenters. The van der Waals surface area contributed by atoms with Gasteiger partial charge in [0, 0.05) is 6.20 Å². The van der Waals surface area contributed by atoms with Crippen LogP contribution in [0.5, 0.6) is 0 Å². The van der Waals surface area contributed by atoms with Gasteiger partial charge >= 0.3 is 0 Å². The van der Waals surface area contributed by atoms with Gasteiger partial charge in [-0.05, 0) is 12.5 Å². The number of aromatic amines is 1. The molecular weight excluding hydrogens is 202 g/mol. The maximum Gasteiger partial charge on any atom is 0.103 e. The summed E-state index contributed by atoms with van der Waals surface area (Å²) in [5, 5.41) is 0. The minimum Gasteiger partial charge on any atom is -0.345 e. The fourth-order valence-corrected chi connectivity index (χ4v) is 1.40. The van der Waals surface area contributed by atoms with Crippen LogP contribution in [0.3, 0.4) is 0 Å². The Kier molecular flexibility index (Phi) is 3.69. The summed E-state index contributed by atoms with van der Waals surface area (Å²) in [5.41, 5.74) is 5.06. The SMILES string of the molecule is Cc1ncc(CNOCc2ccccc2)[nH]1. The van der Waals surface area contributed by atoms with E-state index >= 15 is 0 Å². The molecule has 0 aliphatic heterocycles. The van der Waals surface area contributed by atoms with Crippen molar-refractivity contribution < 1.29 is 4.84 Å². The first kappa shape index (κ1) is 10.9. The van der Waals surface area contributed by atoms with Gasteiger partial charge in [-0.2, -0.15) is 5.48 Å². The Morgan fingerprint density at radius 1 is 1.31 bits per heavy atom. The van der Waals surface area contributed by atoms with Crippen molar-refractivity contribution >= 4 is 0 Å². The van der Waals surface area contributed by atoms with Crippen LogP contribution in [0.2, 0.25) is 0 Å². The van der Waals surface area contributed by atoms with Crippen LogP contribution < -0.4 is 5.48 Å². The highest BCUT2D eigenvalue weighted by atomic mass is 16.6. The molecule has 16 heavy (non-hydrogen) atoms. The maximum absolute atomic E-state index is 5.34. The van der Waals surface area contributed by atoms with Crippen molar-refractivity contribution in [2.45, 2.75) is 20.1 Å². The van der Waals surface area contributed by atoms with Crippen molar-refractivity contribution in [3.8, 4) is 0 Å². The van der Waals surface area contributed by atoms with Gasteiger partial charge < -0.3 is 4.98 Å². The molecule has 1 aromatic carbocycles. The Labute approximate surface area is 94.6 Å². The summed E-state index contributed by atoms with van der Waals surface area (Å²) in [6.07, 6.45) is 1.80. The molecule has 0 aliphatic rings. The molecule has 0 amide bonds. The standard InChI is InChI=1S/C12H15N3O/c1-10-13-7-12(15-10)8-14-16-9-11-5-3-2-4-6-11/h2-7,14H,8-9H2,1H3,(H,13,15). The average molecular weight is 217 g/mol. The predicted octanol–water partition coefficient (Wildman–Crippen LogP) is 1.94. The van der Waals surface area contributed by atoms with Gasteiger partial charge in [-0.1, -0.05) is 30.3 Å². The quantitative estimate of drug-likeness (QED) is 0.594. The molecule has 0 saturated carbocycles. The van der Waals surface area contributed by atoms with E-state index in [0.29, 0.717) is 13.2 Å². The Hall–Kier alpha value is -1.65. The molecule has 84 valence electrons. The summed E-state index contributed by atoms with van der Waals surface area (Å²) < 4.78 is 0. The normalized spacial score (nSPS) is 10.6. The molecule has 0 fully saturated rings. The molecule has 4 heteroatoms. The molecule has 2 N–H and O–H groups in total. The lowest BCUT2D eigenvalue weighted by Gasteiger charge is -2.04. The van der Waals surface area contributed by atoms with Gasteiger partial charge in [-0.25, -0.2) is 4.98 Å². The molecule has 0 bridgehead atoms. The van der Waals surface area contributed by atoms with Crippen LogP contribution in [-0.2, 0) is 18.0 Å². The van der Waals surface area contributed by atoms with Crippen LogP contribution in [0.1, 0.15) is 17.1 Å². The van der Waals surface area contributed by atoms with Crippen LogP contribution in [0, 0.1) is 6.92 Å². The van der Waals surface area contributed by atoms with Gasteiger partial charge in [0.1, 0.15) is 5.82 Å². The third kappa shape index (κ3) is 3.18. The lowest BCUT2D eigenvalue weighted by atomic mass is 10.2. The van der Waals surface area contributed by atoms with Crippen LogP contribution in [0.25, 0.3) is 0 Å². The molecule has 2 aromatic rings. The number of aromatic nitrogens is 2. The van der Waals surface area contributed by atoms with Crippen molar-refractivity contribution in [1.29, 1.82) is 0 Å². The van der Waals surface area contributed by atoms with E-state index in [1.807, 2.05) is 37.3 Å². The highest BCUT2D eigenvalue weighted by Crippen LogP contribution is 2.00. The number of hydrogen-bond donors (Lipinski definition) is 2. The number of rotatable bonds is 5. The minimum atomic E-state index is 0.563. The summed E-state index contributed by atoms with van der Waals surface area (Å²) >= 11 is 0. The fraction of sp³-hybridized carbons (Fsp3) is 0.250. The Bertz CT molecular complexity index is 425. The fourth-order valence-electron chi connectivity index (χ4n) is 1.40. The Morgan fingerprint density at radius 3 is 2.81 bits per heavy atom. The van der Waals surface area contributed by atoms with Crippen molar-refractivity contribution in [3.05, 3.63) is 53.6 Å². The highest BCUT2D eigenvalue weighted by Gasteiger charge is 1.96. The topological polar surface area (TPSA) is 49.9 Å². The van der Waals surface area contributed by atoms with Crippen LogP contribution in [-0.4, -0.2) is 9.97 Å². The first-order valence-corrected chi connectivity index (χ1v) is 5.23. The zero-order valence-electron chi connectivity index (χ0n) is 9.23. The molecule has 0 radical (unpaired) electrons. The van der Waals surface area contributed by atoms with Gasteiger partial charge in [0.15, 0.2) is 0 Å². The molecule has 4 nitrogen and oxygen atoms in total. The molecule has 2 rings (SSSR count). The number of hydrogen-bond acceptors (Lipinski definition) is 3. The second kappa shape index (κ2) is 5.44. The average Bonchev–Trinajstić information content (AvgIpc) is 2.72. The highest BCUT2D eigenvalue weighted by molar-refractivity contribution is 5.13. The third-order valence-electron chi connectivity index (χ3n) is 2.20. The summed E-state index contributed by atoms with van der Waals surface area (Å²) in [6.45, 7) is 3.12. The van der Waals surface area contributed by atoms with E-state index < -0.39 is 0 Å². The van der Waals surface area contributed by atoms with Crippen molar-refractivity contribution in [3.63, 3.8) is 0 Å². The lowest BCUT2D eigenvalue weighted by Crippen LogP contribution is -2.14. The smallest absolute Gasteiger partial charge is 0.103 e. The Morgan fingerprint density at radius 2 is 2.12 bits per heavy atom. The first-order chi connectivity index (χ1) is 7.84. The van der Waals surface area contributed by atoms with Crippen molar-refractivity contribution in [2.24, 2.45) is 0 Å². The van der Waals surface area contributed by atoms with Gasteiger partial charge in [-0.3, -0.25) is 4.84 Å². The number of hydroxylamine groups is 1. The minimum absolute atomic E-state index is 0.563. The van der Waals surface area contributed by atoms with Gasteiger partial charge in [0.25, 0.3) is 0 Å². The molecule has 0 aliphatic carbocycles. The predicted molar refractivity (Wildman–Crippen MR) is 61.4 cm³/mol. The largest absolute Gasteiger partial charge is 0.345 e. The Balaban J connectivity index is 1.69. The van der Waals surface area contributed by atoms with Crippen LogP contribution in [0.15, 0.2) is 36.5 Å². The third-order valence-corrected chi connectivity index (χ3v) is 2.20. The lowest BCUT2D eigenvalue weighted by molar-refractivity contribution is 0.0229. The van der Waals surface area contributed by atoms with Crippen molar-refractivity contribution in [1.82, 2.24) is 15.4 Å². The van der Waals surface area contributed by atoms with E-state index in [1.165, 1.54) is 0 Å². The summed E-state index contributed by atoms with van der Waals surface area (Å²) in [5.74, 6) is 0.917. The van der Waals surface area contributed by atoms with E-state index in [-0.39, 0.29) is 0 Å². The van der Waals surface area contributed by atoms with Gasteiger partial charge in [0.05, 0.1) is 18.8 Å². The van der Waals surface area contributed by atoms with Gasteiger partial charge in [-0.15, -0.1) is 0 Å². The summed E-state index contributed by atoms with van der Waals surface area (Å²) in [4.78, 5) is 12.6. The van der Waals surface area contributed by atoms with E-state index in [4.69, 9.17) is 4.84 Å². The first-order valence-electron chi connectivity index (χ1n) is 5.23. The van der Waals surface area contributed by atoms with E-state index in [0.717, 1.165) is 17.1 Å². The number of nitrogens with zero attached hydrogens (tertiary/aromatic N) is 1. The maximum atomic E-state index is 5.34. The number of aryl methyl sites for hydroxylation is 1. The number of nitrogens with one attached hydrogen (secondary N) is 2. The molecule has 0 spiro atoms. The van der Waals surface area contributed by atoms with Crippen LogP contribution in [0.4, 0.5) is 0 Å². The number of imidazole rings is 1. The molecule has 0 atom stereocenters. The monoisotopic (exact) mass is 217 g/mol. The van der Waals surface area contributed by atoms with E-state index in [2.05, 4.69) is 15.4 Å². The molecular formula is C12H15N3O. The number of benzene rings is 1. The zero-order valence-corrected chi connectivity index (χ0v) is 9.23. The van der Waals surface area contributed by atoms with Crippen LogP contribution >= 0.6 is 0 Å². The molecule has 0 saturated heterocycles. The van der Waals surface area contributed by atoms with E-state index in [1.54, 1.807) is 6.20 Å². The molecule has 1 aromatic heterocycles. The summed E-state index contributed by atoms with van der Waals surface area (Å²) in [7, 11) is 0. The second-order valence-corrected chi connectivity index (χ2v) is 3.59. The van der Waals surface area contributed by atoms with Crippen molar-refractivity contribution in [2.75, 3.05) is 0 Å². The van der Waals surface area contributed by atoms with E-state index in [9.17, 15) is 0 Å². The number of H-pyrrole nitrogens is 1. The summed E-state index contributed by atoms with van der Waals surface area (Å²) in [6, 6.07) is 10.0. The molecule has 1 heterocycles. The van der Waals surface area contributed by atoms with Gasteiger partial charge in [0.2, 0.25) is 0 Å². The second-order valence-electron chi connectivity index (χ2n) is 3.59. The zero-order chi connectivity index (χ0) is 11.2.